The van der Waals surface area contributed by atoms with E-state index in [0.717, 1.165) is 11.3 Å². The predicted octanol–water partition coefficient (Wildman–Crippen LogP) is 1.22. The number of imide groups is 1. The molecule has 28 heavy (non-hydrogen) atoms. The van der Waals surface area contributed by atoms with Crippen molar-refractivity contribution in [2.45, 2.75) is 6.42 Å². The lowest BCUT2D eigenvalue weighted by atomic mass is 9.63. The van der Waals surface area contributed by atoms with Gasteiger partial charge in [-0.1, -0.05) is 30.4 Å². The highest BCUT2D eigenvalue weighted by Crippen LogP contribution is 2.65. The van der Waals surface area contributed by atoms with Crippen molar-refractivity contribution >= 4 is 29.4 Å². The molecule has 1 aliphatic heterocycles. The van der Waals surface area contributed by atoms with Gasteiger partial charge in [-0.25, -0.2) is 0 Å². The number of rotatable bonds is 5. The van der Waals surface area contributed by atoms with E-state index in [9.17, 15) is 19.2 Å². The molecule has 2 saturated carbocycles. The van der Waals surface area contributed by atoms with Crippen LogP contribution in [-0.2, 0) is 23.9 Å². The first-order chi connectivity index (χ1) is 13.5. The molecular weight excluding hydrogens is 360 g/mol. The van der Waals surface area contributed by atoms with Gasteiger partial charge in [-0.3, -0.25) is 24.1 Å². The zero-order chi connectivity index (χ0) is 19.4. The molecule has 144 valence electrons. The average Bonchev–Trinajstić information content (AvgIpc) is 3.48. The number of hydrogen-bond donors (Lipinski definition) is 1. The van der Waals surface area contributed by atoms with Crippen LogP contribution in [0.3, 0.4) is 0 Å². The first kappa shape index (κ1) is 17.2. The maximum atomic E-state index is 12.8. The third kappa shape index (κ3) is 2.65. The fourth-order valence-corrected chi connectivity index (χ4v) is 5.21. The van der Waals surface area contributed by atoms with E-state index in [2.05, 4.69) is 17.5 Å². The molecule has 0 spiro atoms. The quantitative estimate of drug-likeness (QED) is 0.471. The molecule has 3 fully saturated rings. The molecule has 7 heteroatoms. The van der Waals surface area contributed by atoms with E-state index in [-0.39, 0.29) is 35.5 Å². The second kappa shape index (κ2) is 6.29. The Hall–Kier alpha value is -2.96. The van der Waals surface area contributed by atoms with Gasteiger partial charge < -0.3 is 10.1 Å². The largest absolute Gasteiger partial charge is 0.454 e. The number of hydrogen-bond acceptors (Lipinski definition) is 5. The van der Waals surface area contributed by atoms with Crippen molar-refractivity contribution in [3.8, 4) is 0 Å². The Balaban J connectivity index is 1.18. The first-order valence-corrected chi connectivity index (χ1v) is 9.58. The summed E-state index contributed by atoms with van der Waals surface area (Å²) in [6.07, 6.45) is 5.26. The highest BCUT2D eigenvalue weighted by Gasteiger charge is 2.67. The number of allylic oxidation sites excluding steroid dienone is 2. The molecule has 1 saturated heterocycles. The molecule has 1 N–H and O–H groups in total. The standard InChI is InChI=1S/C21H20N2O5/c24-16(22-11-4-2-1-3-5-11)10-28-17(25)9-23-20(26)18-12-6-7-13(15-8-14(12)15)19(18)21(23)27/h1-7,12-15,18-19H,8-10H2,(H,22,24)/t12-,13-,14-,15-,18-,19+/m1/s1. The van der Waals surface area contributed by atoms with Gasteiger partial charge in [0, 0.05) is 5.69 Å². The highest BCUT2D eigenvalue weighted by molar-refractivity contribution is 6.08. The zero-order valence-corrected chi connectivity index (χ0v) is 15.1. The number of esters is 1. The molecule has 0 unspecified atom stereocenters. The molecule has 1 heterocycles. The number of anilines is 1. The lowest BCUT2D eigenvalue weighted by Crippen LogP contribution is -2.40. The topological polar surface area (TPSA) is 92.8 Å². The molecule has 4 aliphatic carbocycles. The monoisotopic (exact) mass is 380 g/mol. The van der Waals surface area contributed by atoms with Gasteiger partial charge >= 0.3 is 5.97 Å². The summed E-state index contributed by atoms with van der Waals surface area (Å²) in [5.74, 6) is -1.17. The molecule has 6 rings (SSSR count). The minimum absolute atomic E-state index is 0.120. The van der Waals surface area contributed by atoms with Gasteiger partial charge in [0.05, 0.1) is 11.8 Å². The van der Waals surface area contributed by atoms with Crippen LogP contribution in [0, 0.1) is 35.5 Å². The lowest BCUT2D eigenvalue weighted by molar-refractivity contribution is -0.154. The number of para-hydroxylation sites is 1. The molecule has 0 radical (unpaired) electrons. The van der Waals surface area contributed by atoms with Gasteiger partial charge in [-0.2, -0.15) is 0 Å². The lowest BCUT2D eigenvalue weighted by Gasteiger charge is -2.37. The second-order valence-electron chi connectivity index (χ2n) is 7.99. The van der Waals surface area contributed by atoms with Crippen LogP contribution in [0.25, 0.3) is 0 Å². The highest BCUT2D eigenvalue weighted by atomic mass is 16.5. The number of likely N-dealkylation sites (tertiary alicyclic amines) is 1. The summed E-state index contributed by atoms with van der Waals surface area (Å²) in [5.41, 5.74) is 0.596. The van der Waals surface area contributed by atoms with Crippen molar-refractivity contribution in [3.05, 3.63) is 42.5 Å². The van der Waals surface area contributed by atoms with Crippen molar-refractivity contribution in [1.82, 2.24) is 4.90 Å². The zero-order valence-electron chi connectivity index (χ0n) is 15.1. The Morgan fingerprint density at radius 3 is 2.21 bits per heavy atom. The Kier molecular flexibility index (Phi) is 3.86. The van der Waals surface area contributed by atoms with Crippen LogP contribution in [0.1, 0.15) is 6.42 Å². The van der Waals surface area contributed by atoms with Crippen LogP contribution >= 0.6 is 0 Å². The molecule has 3 amide bonds. The van der Waals surface area contributed by atoms with E-state index in [1.165, 1.54) is 0 Å². The molecule has 1 aromatic carbocycles. The van der Waals surface area contributed by atoms with Crippen LogP contribution in [0.5, 0.6) is 0 Å². The Labute approximate surface area is 161 Å². The summed E-state index contributed by atoms with van der Waals surface area (Å²) in [4.78, 5) is 50.7. The summed E-state index contributed by atoms with van der Waals surface area (Å²) < 4.78 is 4.97. The summed E-state index contributed by atoms with van der Waals surface area (Å²) in [7, 11) is 0. The Morgan fingerprint density at radius 1 is 1.00 bits per heavy atom. The van der Waals surface area contributed by atoms with Gasteiger partial charge in [0.1, 0.15) is 6.54 Å². The van der Waals surface area contributed by atoms with Gasteiger partial charge in [0.2, 0.25) is 11.8 Å². The predicted molar refractivity (Wildman–Crippen MR) is 97.4 cm³/mol. The van der Waals surface area contributed by atoms with E-state index in [4.69, 9.17) is 4.74 Å². The minimum Gasteiger partial charge on any atom is -0.454 e. The summed E-state index contributed by atoms with van der Waals surface area (Å²) in [6.45, 7) is -0.897. The van der Waals surface area contributed by atoms with Crippen LogP contribution < -0.4 is 5.32 Å². The smallest absolute Gasteiger partial charge is 0.326 e. The van der Waals surface area contributed by atoms with Gasteiger partial charge in [-0.05, 0) is 42.2 Å². The van der Waals surface area contributed by atoms with Gasteiger partial charge in [-0.15, -0.1) is 0 Å². The van der Waals surface area contributed by atoms with Crippen molar-refractivity contribution in [2.24, 2.45) is 35.5 Å². The van der Waals surface area contributed by atoms with Crippen molar-refractivity contribution in [2.75, 3.05) is 18.5 Å². The van der Waals surface area contributed by atoms with Crippen LogP contribution in [-0.4, -0.2) is 41.7 Å². The number of carbonyl (C=O) groups excluding carboxylic acids is 4. The molecule has 2 bridgehead atoms. The SMILES string of the molecule is O=C(COC(=O)CN1C(=O)[C@@H]2[C@@H]3C=C[C@H]([C@H]4C[C@H]34)[C@@H]2C1=O)Nc1ccccc1. The average molecular weight is 380 g/mol. The summed E-state index contributed by atoms with van der Waals surface area (Å²) in [5, 5.41) is 2.61. The van der Waals surface area contributed by atoms with E-state index in [1.54, 1.807) is 24.3 Å². The molecule has 1 aromatic rings. The van der Waals surface area contributed by atoms with E-state index in [1.807, 2.05) is 6.07 Å². The summed E-state index contributed by atoms with van der Waals surface area (Å²) >= 11 is 0. The first-order valence-electron chi connectivity index (χ1n) is 9.58. The Bertz CT molecular complexity index is 859. The molecule has 0 aromatic heterocycles. The number of nitrogens with one attached hydrogen (secondary N) is 1. The number of ether oxygens (including phenoxy) is 1. The van der Waals surface area contributed by atoms with Gasteiger partial charge in [0.15, 0.2) is 6.61 Å². The number of nitrogens with zero attached hydrogens (tertiary/aromatic N) is 1. The van der Waals surface area contributed by atoms with Crippen LogP contribution in [0.4, 0.5) is 5.69 Å². The van der Waals surface area contributed by atoms with Crippen molar-refractivity contribution in [1.29, 1.82) is 0 Å². The number of carbonyl (C=O) groups is 4. The molecule has 7 nitrogen and oxygen atoms in total. The minimum atomic E-state index is -0.756. The van der Waals surface area contributed by atoms with Crippen LogP contribution in [0.15, 0.2) is 42.5 Å². The third-order valence-electron chi connectivity index (χ3n) is 6.46. The van der Waals surface area contributed by atoms with Crippen LogP contribution in [0.2, 0.25) is 0 Å². The summed E-state index contributed by atoms with van der Waals surface area (Å²) in [6, 6.07) is 8.81. The van der Waals surface area contributed by atoms with E-state index >= 15 is 0 Å². The normalized spacial score (nSPS) is 34.1. The maximum Gasteiger partial charge on any atom is 0.326 e. The fraction of sp³-hybridized carbons (Fsp3) is 0.429. The molecule has 5 aliphatic rings. The maximum absolute atomic E-state index is 12.8. The van der Waals surface area contributed by atoms with Crippen molar-refractivity contribution in [3.63, 3.8) is 0 Å². The molecule has 6 atom stereocenters. The number of benzene rings is 1. The number of amides is 3. The van der Waals surface area contributed by atoms with E-state index in [0.29, 0.717) is 17.5 Å². The molecular formula is C21H20N2O5. The Morgan fingerprint density at radius 2 is 1.61 bits per heavy atom. The van der Waals surface area contributed by atoms with Gasteiger partial charge in [0.25, 0.3) is 5.91 Å². The fourth-order valence-electron chi connectivity index (χ4n) is 5.21. The van der Waals surface area contributed by atoms with Crippen molar-refractivity contribution < 1.29 is 23.9 Å². The second-order valence-corrected chi connectivity index (χ2v) is 7.99. The third-order valence-corrected chi connectivity index (χ3v) is 6.46. The van der Waals surface area contributed by atoms with E-state index < -0.39 is 25.0 Å².